The first-order valence-corrected chi connectivity index (χ1v) is 8.98. The van der Waals surface area contributed by atoms with Gasteiger partial charge in [0.05, 0.1) is 19.8 Å². The Kier molecular flexibility index (Phi) is 6.32. The van der Waals surface area contributed by atoms with Crippen molar-refractivity contribution in [2.75, 3.05) is 40.1 Å². The summed E-state index contributed by atoms with van der Waals surface area (Å²) < 4.78 is 16.0. The number of benzene rings is 2. The molecule has 0 unspecified atom stereocenters. The molecule has 1 heterocycles. The molecule has 0 spiro atoms. The molecule has 0 atom stereocenters. The Morgan fingerprint density at radius 3 is 2.70 bits per heavy atom. The molecule has 0 bridgehead atoms. The summed E-state index contributed by atoms with van der Waals surface area (Å²) in [7, 11) is 1.59. The molecule has 1 aliphatic heterocycles. The van der Waals surface area contributed by atoms with Crippen LogP contribution in [0.5, 0.6) is 11.5 Å². The number of nitrogens with zero attached hydrogens (tertiary/aromatic N) is 1. The second-order valence-corrected chi connectivity index (χ2v) is 6.56. The topological polar surface area (TPSA) is 68.2 Å². The third-order valence-electron chi connectivity index (χ3n) is 4.51. The van der Waals surface area contributed by atoms with Crippen LogP contribution in [0.1, 0.15) is 11.1 Å². The third kappa shape index (κ3) is 4.78. The molecular weight excluding hydrogens is 346 g/mol. The van der Waals surface area contributed by atoms with Crippen molar-refractivity contribution in [3.8, 4) is 22.6 Å². The third-order valence-corrected chi connectivity index (χ3v) is 4.51. The maximum absolute atomic E-state index is 12.4. The molecule has 27 heavy (non-hydrogen) atoms. The second-order valence-electron chi connectivity index (χ2n) is 6.56. The highest BCUT2D eigenvalue weighted by Crippen LogP contribution is 2.37. The predicted molar refractivity (Wildman–Crippen MR) is 102 cm³/mol. The zero-order chi connectivity index (χ0) is 19.2. The number of amides is 1. The van der Waals surface area contributed by atoms with Gasteiger partial charge in [0.25, 0.3) is 0 Å². The van der Waals surface area contributed by atoms with Crippen LogP contribution < -0.4 is 4.74 Å². The average Bonchev–Trinajstić information content (AvgIpc) is 2.88. The predicted octanol–water partition coefficient (Wildman–Crippen LogP) is 2.75. The van der Waals surface area contributed by atoms with Gasteiger partial charge in [0.2, 0.25) is 5.91 Å². The summed E-state index contributed by atoms with van der Waals surface area (Å²) in [5, 5.41) is 10.4. The van der Waals surface area contributed by atoms with Gasteiger partial charge < -0.3 is 24.2 Å². The highest BCUT2D eigenvalue weighted by molar-refractivity contribution is 5.78. The molecular formula is C21H25NO5. The van der Waals surface area contributed by atoms with Gasteiger partial charge in [-0.15, -0.1) is 0 Å². The number of hydrogen-bond acceptors (Lipinski definition) is 5. The summed E-state index contributed by atoms with van der Waals surface area (Å²) in [4.78, 5) is 14.1. The Balaban J connectivity index is 1.79. The van der Waals surface area contributed by atoms with Crippen molar-refractivity contribution in [2.45, 2.75) is 13.5 Å². The first-order valence-electron chi connectivity index (χ1n) is 8.98. The van der Waals surface area contributed by atoms with Crippen molar-refractivity contribution >= 4 is 5.91 Å². The van der Waals surface area contributed by atoms with E-state index < -0.39 is 0 Å². The summed E-state index contributed by atoms with van der Waals surface area (Å²) in [5.41, 5.74) is 3.85. The normalized spacial score (nSPS) is 13.6. The molecule has 0 saturated carbocycles. The van der Waals surface area contributed by atoms with Gasteiger partial charge in [-0.1, -0.05) is 29.8 Å². The fraction of sp³-hybridized carbons (Fsp3) is 0.381. The van der Waals surface area contributed by atoms with Gasteiger partial charge in [0, 0.05) is 19.2 Å². The minimum absolute atomic E-state index is 0.00231. The van der Waals surface area contributed by atoms with Crippen LogP contribution in [-0.2, 0) is 20.8 Å². The van der Waals surface area contributed by atoms with E-state index in [4.69, 9.17) is 14.2 Å². The molecule has 144 valence electrons. The summed E-state index contributed by atoms with van der Waals surface area (Å²) in [6.45, 7) is 4.00. The Bertz CT molecular complexity index is 788. The number of ether oxygens (including phenoxy) is 3. The van der Waals surface area contributed by atoms with E-state index in [0.717, 1.165) is 16.7 Å². The molecule has 1 amide bonds. The number of carbonyl (C=O) groups excluding carboxylic acids is 1. The highest BCUT2D eigenvalue weighted by atomic mass is 16.5. The van der Waals surface area contributed by atoms with Gasteiger partial charge in [-0.05, 0) is 30.2 Å². The lowest BCUT2D eigenvalue weighted by Gasteiger charge is -2.20. The smallest absolute Gasteiger partial charge is 0.248 e. The van der Waals surface area contributed by atoms with E-state index in [0.29, 0.717) is 38.7 Å². The molecule has 0 saturated heterocycles. The number of methoxy groups -OCH3 is 1. The molecule has 0 aliphatic carbocycles. The van der Waals surface area contributed by atoms with Crippen molar-refractivity contribution in [3.63, 3.8) is 0 Å². The van der Waals surface area contributed by atoms with Crippen LogP contribution in [-0.4, -0.2) is 56.0 Å². The number of hydrogen-bond donors (Lipinski definition) is 1. The summed E-state index contributed by atoms with van der Waals surface area (Å²) in [5.74, 6) is 0.429. The van der Waals surface area contributed by atoms with Crippen molar-refractivity contribution in [3.05, 3.63) is 47.5 Å². The lowest BCUT2D eigenvalue weighted by molar-refractivity contribution is -0.137. The molecule has 0 aromatic heterocycles. The lowest BCUT2D eigenvalue weighted by Crippen LogP contribution is -2.35. The molecule has 3 rings (SSSR count). The molecule has 1 aliphatic rings. The zero-order valence-electron chi connectivity index (χ0n) is 15.7. The Labute approximate surface area is 159 Å². The largest absolute Gasteiger partial charge is 0.504 e. The van der Waals surface area contributed by atoms with Gasteiger partial charge in [0.1, 0.15) is 13.2 Å². The maximum Gasteiger partial charge on any atom is 0.248 e. The van der Waals surface area contributed by atoms with Crippen molar-refractivity contribution in [1.29, 1.82) is 0 Å². The van der Waals surface area contributed by atoms with Gasteiger partial charge in [-0.25, -0.2) is 0 Å². The van der Waals surface area contributed by atoms with E-state index in [1.54, 1.807) is 18.1 Å². The fourth-order valence-corrected chi connectivity index (χ4v) is 3.02. The van der Waals surface area contributed by atoms with Gasteiger partial charge in [0.15, 0.2) is 11.5 Å². The number of carbonyl (C=O) groups is 1. The van der Waals surface area contributed by atoms with Crippen LogP contribution in [0.25, 0.3) is 11.1 Å². The molecule has 0 fully saturated rings. The number of aromatic hydroxyl groups is 1. The van der Waals surface area contributed by atoms with E-state index >= 15 is 0 Å². The van der Waals surface area contributed by atoms with E-state index in [-0.39, 0.29) is 18.3 Å². The minimum Gasteiger partial charge on any atom is -0.504 e. The first kappa shape index (κ1) is 19.2. The summed E-state index contributed by atoms with van der Waals surface area (Å²) >= 11 is 0. The first-order chi connectivity index (χ1) is 13.1. The quantitative estimate of drug-likeness (QED) is 0.791. The number of phenols is 1. The SMILES string of the molecule is COCCOCC(=O)N1CCOc2c(O)cc(-c3ccc(C)cc3)cc2C1. The number of fused-ring (bicyclic) bond motifs is 1. The van der Waals surface area contributed by atoms with E-state index in [1.807, 2.05) is 37.3 Å². The standard InChI is InChI=1S/C21H25NO5/c1-15-3-5-16(6-4-15)17-11-18-13-22(20(24)14-26-10-9-25-2)7-8-27-21(18)19(23)12-17/h3-6,11-12,23H,7-10,13-14H2,1-2H3. The molecule has 2 aromatic carbocycles. The van der Waals surface area contributed by atoms with Gasteiger partial charge >= 0.3 is 0 Å². The van der Waals surface area contributed by atoms with Crippen molar-refractivity contribution in [2.24, 2.45) is 0 Å². The highest BCUT2D eigenvalue weighted by Gasteiger charge is 2.23. The lowest BCUT2D eigenvalue weighted by atomic mass is 10.0. The molecule has 1 N–H and O–H groups in total. The van der Waals surface area contributed by atoms with Crippen LogP contribution in [0, 0.1) is 6.92 Å². The van der Waals surface area contributed by atoms with Crippen molar-refractivity contribution < 1.29 is 24.1 Å². The monoisotopic (exact) mass is 371 g/mol. The molecule has 0 radical (unpaired) electrons. The van der Waals surface area contributed by atoms with Crippen LogP contribution in [0.4, 0.5) is 0 Å². The van der Waals surface area contributed by atoms with Gasteiger partial charge in [-0.2, -0.15) is 0 Å². The van der Waals surface area contributed by atoms with E-state index in [9.17, 15) is 9.90 Å². The number of aryl methyl sites for hydroxylation is 1. The van der Waals surface area contributed by atoms with Crippen LogP contribution in [0.2, 0.25) is 0 Å². The fourth-order valence-electron chi connectivity index (χ4n) is 3.02. The second kappa shape index (κ2) is 8.88. The minimum atomic E-state index is -0.109. The van der Waals surface area contributed by atoms with E-state index in [2.05, 4.69) is 0 Å². The zero-order valence-corrected chi connectivity index (χ0v) is 15.7. The van der Waals surface area contributed by atoms with E-state index in [1.165, 1.54) is 5.56 Å². The Morgan fingerprint density at radius 1 is 1.19 bits per heavy atom. The Hall–Kier alpha value is -2.57. The molecule has 6 nitrogen and oxygen atoms in total. The van der Waals surface area contributed by atoms with Crippen LogP contribution in [0.15, 0.2) is 36.4 Å². The number of rotatable bonds is 6. The van der Waals surface area contributed by atoms with Gasteiger partial charge in [-0.3, -0.25) is 4.79 Å². The molecule has 2 aromatic rings. The molecule has 6 heteroatoms. The summed E-state index contributed by atoms with van der Waals surface area (Å²) in [6, 6.07) is 11.8. The summed E-state index contributed by atoms with van der Waals surface area (Å²) in [6.07, 6.45) is 0. The van der Waals surface area contributed by atoms with Crippen LogP contribution in [0.3, 0.4) is 0 Å². The van der Waals surface area contributed by atoms with Crippen LogP contribution >= 0.6 is 0 Å². The van der Waals surface area contributed by atoms with Crippen molar-refractivity contribution in [1.82, 2.24) is 4.90 Å². The Morgan fingerprint density at radius 2 is 1.96 bits per heavy atom. The number of phenolic OH excluding ortho intramolecular Hbond substituents is 1. The average molecular weight is 371 g/mol. The maximum atomic E-state index is 12.4.